The van der Waals surface area contributed by atoms with Crippen LogP contribution >= 0.6 is 24.0 Å². The van der Waals surface area contributed by atoms with E-state index < -0.39 is 5.91 Å². The molecule has 0 saturated heterocycles. The number of rotatable bonds is 1. The van der Waals surface area contributed by atoms with Crippen LogP contribution in [0, 0.1) is 0 Å². The first-order valence-electron chi connectivity index (χ1n) is 3.73. The zero-order chi connectivity index (χ0) is 10.3. The lowest BCUT2D eigenvalue weighted by atomic mass is 10.2. The summed E-state index contributed by atoms with van der Waals surface area (Å²) in [7, 11) is 0. The van der Waals surface area contributed by atoms with Crippen LogP contribution in [0.1, 0.15) is 10.4 Å². The summed E-state index contributed by atoms with van der Waals surface area (Å²) in [5.74, 6) is -0.620. The van der Waals surface area contributed by atoms with E-state index in [9.17, 15) is 4.79 Å². The molecule has 2 rings (SSSR count). The highest BCUT2D eigenvalue weighted by Gasteiger charge is 2.13. The van der Waals surface area contributed by atoms with Gasteiger partial charge in [-0.3, -0.25) is 4.79 Å². The van der Waals surface area contributed by atoms with Crippen molar-refractivity contribution in [1.82, 2.24) is 4.98 Å². The molecule has 0 unspecified atom stereocenters. The number of halogens is 2. The van der Waals surface area contributed by atoms with Crippen molar-refractivity contribution in [2.24, 2.45) is 5.73 Å². The van der Waals surface area contributed by atoms with Gasteiger partial charge in [-0.05, 0) is 6.07 Å². The molecule has 0 spiro atoms. The Labute approximate surface area is 95.8 Å². The maximum absolute atomic E-state index is 11.0. The van der Waals surface area contributed by atoms with Crippen LogP contribution < -0.4 is 11.5 Å². The van der Waals surface area contributed by atoms with Crippen molar-refractivity contribution >= 4 is 47.0 Å². The van der Waals surface area contributed by atoms with Crippen molar-refractivity contribution in [2.75, 3.05) is 5.73 Å². The molecule has 1 heterocycles. The number of hydrogen-bond acceptors (Lipinski definition) is 4. The van der Waals surface area contributed by atoms with E-state index in [1.165, 1.54) is 12.1 Å². The Morgan fingerprint density at radius 1 is 1.47 bits per heavy atom. The molecule has 0 saturated carbocycles. The van der Waals surface area contributed by atoms with Gasteiger partial charge in [0.05, 0.1) is 5.56 Å². The van der Waals surface area contributed by atoms with Crippen LogP contribution in [0.4, 0.5) is 6.01 Å². The van der Waals surface area contributed by atoms with Gasteiger partial charge in [0.25, 0.3) is 11.9 Å². The second kappa shape index (κ2) is 3.96. The molecule has 0 aliphatic carbocycles. The molecule has 0 fully saturated rings. The van der Waals surface area contributed by atoms with Gasteiger partial charge < -0.3 is 15.9 Å². The van der Waals surface area contributed by atoms with E-state index in [0.717, 1.165) is 0 Å². The van der Waals surface area contributed by atoms with Gasteiger partial charge in [-0.15, -0.1) is 12.4 Å². The number of anilines is 1. The third-order valence-electron chi connectivity index (χ3n) is 1.74. The van der Waals surface area contributed by atoms with Gasteiger partial charge in [0.2, 0.25) is 0 Å². The van der Waals surface area contributed by atoms with Gasteiger partial charge in [-0.1, -0.05) is 11.6 Å². The van der Waals surface area contributed by atoms with Crippen molar-refractivity contribution < 1.29 is 9.21 Å². The molecule has 5 nitrogen and oxygen atoms in total. The lowest BCUT2D eigenvalue weighted by molar-refractivity contribution is 0.100. The Kier molecular flexibility index (Phi) is 3.06. The van der Waals surface area contributed by atoms with E-state index in [-0.39, 0.29) is 24.0 Å². The summed E-state index contributed by atoms with van der Waals surface area (Å²) in [5, 5.41) is 0.349. The highest BCUT2D eigenvalue weighted by molar-refractivity contribution is 6.32. The molecule has 0 aliphatic heterocycles. The molecule has 0 atom stereocenters. The fourth-order valence-corrected chi connectivity index (χ4v) is 1.41. The van der Waals surface area contributed by atoms with Gasteiger partial charge in [0.1, 0.15) is 5.52 Å². The number of hydrogen-bond donors (Lipinski definition) is 2. The standard InChI is InChI=1S/C8H6ClN3O2.ClH/c9-3-1-4(7(10)13)6-5(2-3)14-8(11)12-6;/h1-2H,(H2,10,13)(H2,11,12);1H. The number of nitrogen functional groups attached to an aromatic ring is 1. The van der Waals surface area contributed by atoms with Crippen molar-refractivity contribution in [2.45, 2.75) is 0 Å². The molecule has 1 amide bonds. The summed E-state index contributed by atoms with van der Waals surface area (Å²) in [6.07, 6.45) is 0. The van der Waals surface area contributed by atoms with E-state index in [1.54, 1.807) is 0 Å². The SMILES string of the molecule is Cl.NC(=O)c1cc(Cl)cc2oc(N)nc12. The third kappa shape index (κ3) is 1.98. The predicted molar refractivity (Wildman–Crippen MR) is 59.2 cm³/mol. The predicted octanol–water partition coefficient (Wildman–Crippen LogP) is 1.58. The molecular formula is C8H7Cl2N3O2. The van der Waals surface area contributed by atoms with Crippen LogP contribution in [0.2, 0.25) is 5.02 Å². The van der Waals surface area contributed by atoms with Crippen molar-refractivity contribution in [1.29, 1.82) is 0 Å². The van der Waals surface area contributed by atoms with Crippen LogP contribution in [-0.4, -0.2) is 10.9 Å². The fourth-order valence-electron chi connectivity index (χ4n) is 1.20. The topological polar surface area (TPSA) is 95.1 Å². The zero-order valence-corrected chi connectivity index (χ0v) is 8.93. The molecule has 4 N–H and O–H groups in total. The summed E-state index contributed by atoms with van der Waals surface area (Å²) < 4.78 is 5.01. The summed E-state index contributed by atoms with van der Waals surface area (Å²) in [6, 6.07) is 2.92. The van der Waals surface area contributed by atoms with Crippen LogP contribution in [-0.2, 0) is 0 Å². The van der Waals surface area contributed by atoms with E-state index in [2.05, 4.69) is 4.98 Å². The smallest absolute Gasteiger partial charge is 0.293 e. The van der Waals surface area contributed by atoms with Crippen molar-refractivity contribution in [3.8, 4) is 0 Å². The number of carbonyl (C=O) groups is 1. The second-order valence-electron chi connectivity index (χ2n) is 2.72. The minimum absolute atomic E-state index is 0. The Morgan fingerprint density at radius 3 is 2.73 bits per heavy atom. The van der Waals surface area contributed by atoms with Crippen LogP contribution in [0.5, 0.6) is 0 Å². The normalized spacial score (nSPS) is 9.93. The monoisotopic (exact) mass is 247 g/mol. The number of carbonyl (C=O) groups excluding carboxylic acids is 1. The molecule has 7 heteroatoms. The minimum atomic E-state index is -0.620. The number of benzene rings is 1. The van der Waals surface area contributed by atoms with Crippen molar-refractivity contribution in [3.63, 3.8) is 0 Å². The highest BCUT2D eigenvalue weighted by Crippen LogP contribution is 2.24. The zero-order valence-electron chi connectivity index (χ0n) is 7.36. The Bertz CT molecular complexity index is 524. The number of nitrogens with two attached hydrogens (primary N) is 2. The quantitative estimate of drug-likeness (QED) is 0.800. The molecule has 15 heavy (non-hydrogen) atoms. The Hall–Kier alpha value is -1.46. The van der Waals surface area contributed by atoms with Gasteiger partial charge >= 0.3 is 0 Å². The third-order valence-corrected chi connectivity index (χ3v) is 1.96. The number of aromatic nitrogens is 1. The van der Waals surface area contributed by atoms with E-state index in [0.29, 0.717) is 16.1 Å². The van der Waals surface area contributed by atoms with Gasteiger partial charge in [0, 0.05) is 11.1 Å². The number of primary amides is 1. The van der Waals surface area contributed by atoms with Gasteiger partial charge in [-0.25, -0.2) is 0 Å². The fraction of sp³-hybridized carbons (Fsp3) is 0. The molecular weight excluding hydrogens is 241 g/mol. The van der Waals surface area contributed by atoms with Gasteiger partial charge in [0.15, 0.2) is 5.58 Å². The van der Waals surface area contributed by atoms with Crippen LogP contribution in [0.15, 0.2) is 16.5 Å². The van der Waals surface area contributed by atoms with E-state index in [4.69, 9.17) is 27.5 Å². The minimum Gasteiger partial charge on any atom is -0.424 e. The van der Waals surface area contributed by atoms with E-state index >= 15 is 0 Å². The Balaban J connectivity index is 0.00000112. The molecule has 2 aromatic rings. The highest BCUT2D eigenvalue weighted by atomic mass is 35.5. The number of fused-ring (bicyclic) bond motifs is 1. The van der Waals surface area contributed by atoms with E-state index in [1.807, 2.05) is 0 Å². The summed E-state index contributed by atoms with van der Waals surface area (Å²) in [5.41, 5.74) is 11.4. The average Bonchev–Trinajstić information content (AvgIpc) is 2.42. The summed E-state index contributed by atoms with van der Waals surface area (Å²) in [4.78, 5) is 14.8. The lowest BCUT2D eigenvalue weighted by Crippen LogP contribution is -2.11. The molecule has 1 aromatic heterocycles. The first-order chi connectivity index (χ1) is 6.58. The second-order valence-corrected chi connectivity index (χ2v) is 3.15. The number of oxazole rings is 1. The van der Waals surface area contributed by atoms with Gasteiger partial charge in [-0.2, -0.15) is 4.98 Å². The molecule has 80 valence electrons. The van der Waals surface area contributed by atoms with Crippen LogP contribution in [0.25, 0.3) is 11.1 Å². The number of amides is 1. The maximum Gasteiger partial charge on any atom is 0.293 e. The first kappa shape index (κ1) is 11.6. The summed E-state index contributed by atoms with van der Waals surface area (Å²) >= 11 is 5.74. The van der Waals surface area contributed by atoms with Crippen molar-refractivity contribution in [3.05, 3.63) is 22.7 Å². The molecule has 0 radical (unpaired) electrons. The lowest BCUT2D eigenvalue weighted by Gasteiger charge is -1.96. The number of nitrogens with zero attached hydrogens (tertiary/aromatic N) is 1. The largest absolute Gasteiger partial charge is 0.424 e. The molecule has 0 aliphatic rings. The molecule has 0 bridgehead atoms. The first-order valence-corrected chi connectivity index (χ1v) is 4.11. The summed E-state index contributed by atoms with van der Waals surface area (Å²) in [6.45, 7) is 0. The average molecular weight is 248 g/mol. The Morgan fingerprint density at radius 2 is 2.13 bits per heavy atom. The molecule has 1 aromatic carbocycles. The maximum atomic E-state index is 11.0. The van der Waals surface area contributed by atoms with Crippen LogP contribution in [0.3, 0.4) is 0 Å².